The topological polar surface area (TPSA) is 91.5 Å². The van der Waals surface area contributed by atoms with Crippen molar-refractivity contribution in [3.63, 3.8) is 0 Å². The number of carbonyl (C=O) groups is 1. The number of hydrogen-bond acceptors (Lipinski definition) is 4. The first-order valence-electron chi connectivity index (χ1n) is 11.5. The fourth-order valence-electron chi connectivity index (χ4n) is 3.57. The summed E-state index contributed by atoms with van der Waals surface area (Å²) in [6.07, 6.45) is 4.80. The molecule has 3 aromatic rings. The molecule has 0 spiro atoms. The Morgan fingerprint density at radius 1 is 1.15 bits per heavy atom. The Balaban J connectivity index is 0.00000324. The lowest BCUT2D eigenvalue weighted by molar-refractivity contribution is -0.122. The van der Waals surface area contributed by atoms with Crippen molar-refractivity contribution in [2.24, 2.45) is 10.9 Å². The maximum atomic E-state index is 12.2. The maximum absolute atomic E-state index is 12.2. The molecule has 2 aromatic carbocycles. The molecule has 0 aliphatic heterocycles. The predicted octanol–water partition coefficient (Wildman–Crippen LogP) is 5.26. The van der Waals surface area contributed by atoms with Gasteiger partial charge in [-0.15, -0.1) is 24.0 Å². The molecule has 1 heterocycles. The number of rotatable bonds is 8. The highest BCUT2D eigenvalue weighted by Gasteiger charge is 2.25. The molecule has 1 aromatic heterocycles. The Hall–Kier alpha value is -2.88. The summed E-state index contributed by atoms with van der Waals surface area (Å²) in [6.45, 7) is 5.82. The van der Waals surface area contributed by atoms with Crippen LogP contribution in [0.2, 0.25) is 0 Å². The number of nitrogens with one attached hydrogen (secondary N) is 3. The Morgan fingerprint density at radius 2 is 1.94 bits per heavy atom. The molecule has 0 radical (unpaired) electrons. The number of aromatic nitrogens is 1. The number of guanidine groups is 1. The van der Waals surface area contributed by atoms with Crippen LogP contribution in [-0.4, -0.2) is 23.4 Å². The van der Waals surface area contributed by atoms with Gasteiger partial charge in [0.15, 0.2) is 5.96 Å². The van der Waals surface area contributed by atoms with Crippen molar-refractivity contribution in [2.45, 2.75) is 46.2 Å². The molecule has 1 amide bonds. The smallest absolute Gasteiger partial charge is 0.227 e. The van der Waals surface area contributed by atoms with Gasteiger partial charge in [-0.1, -0.05) is 36.2 Å². The zero-order valence-electron chi connectivity index (χ0n) is 19.6. The van der Waals surface area contributed by atoms with E-state index >= 15 is 0 Å². The normalized spacial score (nSPS) is 13.5. The summed E-state index contributed by atoms with van der Waals surface area (Å²) < 4.78 is 5.64. The van der Waals surface area contributed by atoms with Crippen LogP contribution in [0.15, 0.2) is 64.2 Å². The van der Waals surface area contributed by atoms with Crippen LogP contribution in [0, 0.1) is 12.8 Å². The molecular formula is C26H32IN5O2. The van der Waals surface area contributed by atoms with Crippen molar-refractivity contribution in [3.8, 4) is 11.5 Å². The largest absolute Gasteiger partial charge is 0.444 e. The van der Waals surface area contributed by atoms with E-state index in [0.717, 1.165) is 48.3 Å². The molecule has 7 nitrogen and oxygen atoms in total. The summed E-state index contributed by atoms with van der Waals surface area (Å²) in [5.41, 5.74) is 4.81. The summed E-state index contributed by atoms with van der Waals surface area (Å²) in [7, 11) is 0. The summed E-state index contributed by atoms with van der Waals surface area (Å²) in [6, 6.07) is 16.0. The van der Waals surface area contributed by atoms with Gasteiger partial charge in [-0.2, -0.15) is 0 Å². The number of nitrogens with zero attached hydrogens (tertiary/aromatic N) is 2. The van der Waals surface area contributed by atoms with Gasteiger partial charge in [-0.3, -0.25) is 4.79 Å². The second kappa shape index (κ2) is 12.5. The third-order valence-electron chi connectivity index (χ3n) is 5.72. The minimum atomic E-state index is 0. The Bertz CT molecular complexity index is 1110. The predicted molar refractivity (Wildman–Crippen MR) is 146 cm³/mol. The molecule has 1 aliphatic carbocycles. The van der Waals surface area contributed by atoms with E-state index in [9.17, 15) is 4.79 Å². The van der Waals surface area contributed by atoms with E-state index in [2.05, 4.69) is 32.9 Å². The lowest BCUT2D eigenvalue weighted by atomic mass is 9.85. The van der Waals surface area contributed by atoms with E-state index in [1.165, 1.54) is 5.56 Å². The second-order valence-corrected chi connectivity index (χ2v) is 8.38. The third kappa shape index (κ3) is 7.06. The van der Waals surface area contributed by atoms with Crippen molar-refractivity contribution < 1.29 is 9.21 Å². The Morgan fingerprint density at radius 3 is 2.65 bits per heavy atom. The van der Waals surface area contributed by atoms with Gasteiger partial charge in [-0.25, -0.2) is 9.98 Å². The zero-order valence-corrected chi connectivity index (χ0v) is 22.0. The molecular weight excluding hydrogens is 541 g/mol. The molecule has 180 valence electrons. The summed E-state index contributed by atoms with van der Waals surface area (Å²) in [5, 5.41) is 9.59. The van der Waals surface area contributed by atoms with Crippen LogP contribution in [0.4, 0.5) is 5.69 Å². The quantitative estimate of drug-likeness (QED) is 0.194. The molecule has 8 heteroatoms. The van der Waals surface area contributed by atoms with E-state index in [1.807, 2.05) is 55.5 Å². The Labute approximate surface area is 217 Å². The average Bonchev–Trinajstić information content (AvgIpc) is 3.24. The highest BCUT2D eigenvalue weighted by molar-refractivity contribution is 14.0. The SMILES string of the molecule is CCNC(=NCc1cccc(NC(=O)C2CCC2)c1)NCc1coc(-c2ccc(C)cc2)n1.I. The van der Waals surface area contributed by atoms with Gasteiger partial charge in [0.2, 0.25) is 11.8 Å². The lowest BCUT2D eigenvalue weighted by Crippen LogP contribution is -2.36. The summed E-state index contributed by atoms with van der Waals surface area (Å²) >= 11 is 0. The van der Waals surface area contributed by atoms with Crippen LogP contribution < -0.4 is 16.0 Å². The van der Waals surface area contributed by atoms with E-state index in [-0.39, 0.29) is 35.8 Å². The molecule has 3 N–H and O–H groups in total. The van der Waals surface area contributed by atoms with Crippen LogP contribution in [0.3, 0.4) is 0 Å². The number of halogens is 1. The number of benzene rings is 2. The number of aryl methyl sites for hydroxylation is 1. The molecule has 1 saturated carbocycles. The molecule has 0 saturated heterocycles. The van der Waals surface area contributed by atoms with Gasteiger partial charge in [0, 0.05) is 23.7 Å². The van der Waals surface area contributed by atoms with Gasteiger partial charge in [0.05, 0.1) is 18.8 Å². The van der Waals surface area contributed by atoms with Crippen molar-refractivity contribution in [3.05, 3.63) is 71.6 Å². The third-order valence-corrected chi connectivity index (χ3v) is 5.72. The first kappa shape index (κ1) is 25.7. The van der Waals surface area contributed by atoms with Crippen LogP contribution in [0.5, 0.6) is 0 Å². The lowest BCUT2D eigenvalue weighted by Gasteiger charge is -2.24. The highest BCUT2D eigenvalue weighted by atomic mass is 127. The average molecular weight is 573 g/mol. The number of aliphatic imine (C=N–C) groups is 1. The molecule has 1 fully saturated rings. The van der Waals surface area contributed by atoms with E-state index in [0.29, 0.717) is 24.9 Å². The molecule has 0 atom stereocenters. The summed E-state index contributed by atoms with van der Waals surface area (Å²) in [5.74, 6) is 1.59. The van der Waals surface area contributed by atoms with Crippen molar-refractivity contribution >= 4 is 41.5 Å². The molecule has 4 rings (SSSR count). The number of oxazole rings is 1. The minimum Gasteiger partial charge on any atom is -0.444 e. The van der Waals surface area contributed by atoms with E-state index in [1.54, 1.807) is 6.26 Å². The standard InChI is InChI=1S/C26H31N5O2.HI/c1-3-27-26(29-16-23-17-33-25(31-23)21-12-10-18(2)11-13-21)28-15-19-6-4-9-22(14-19)30-24(32)20-7-5-8-20;/h4,6,9-14,17,20H,3,5,7-8,15-16H2,1-2H3,(H,30,32)(H2,27,28,29);1H. The van der Waals surface area contributed by atoms with Crippen LogP contribution in [0.1, 0.15) is 43.0 Å². The van der Waals surface area contributed by atoms with Gasteiger partial charge < -0.3 is 20.4 Å². The summed E-state index contributed by atoms with van der Waals surface area (Å²) in [4.78, 5) is 21.5. The van der Waals surface area contributed by atoms with Crippen molar-refractivity contribution in [1.29, 1.82) is 0 Å². The molecule has 0 bridgehead atoms. The van der Waals surface area contributed by atoms with Gasteiger partial charge >= 0.3 is 0 Å². The number of carbonyl (C=O) groups excluding carboxylic acids is 1. The first-order valence-corrected chi connectivity index (χ1v) is 11.5. The van der Waals surface area contributed by atoms with Crippen LogP contribution in [-0.2, 0) is 17.9 Å². The van der Waals surface area contributed by atoms with Gasteiger partial charge in [0.25, 0.3) is 0 Å². The van der Waals surface area contributed by atoms with Crippen LogP contribution in [0.25, 0.3) is 11.5 Å². The minimum absolute atomic E-state index is 0. The fraction of sp³-hybridized carbons (Fsp3) is 0.346. The monoisotopic (exact) mass is 573 g/mol. The highest BCUT2D eigenvalue weighted by Crippen LogP contribution is 2.27. The zero-order chi connectivity index (χ0) is 23.0. The van der Waals surface area contributed by atoms with E-state index < -0.39 is 0 Å². The molecule has 0 unspecified atom stereocenters. The van der Waals surface area contributed by atoms with Crippen molar-refractivity contribution in [2.75, 3.05) is 11.9 Å². The fourth-order valence-corrected chi connectivity index (χ4v) is 3.57. The van der Waals surface area contributed by atoms with Crippen LogP contribution >= 0.6 is 24.0 Å². The number of anilines is 1. The first-order chi connectivity index (χ1) is 16.1. The molecule has 1 aliphatic rings. The van der Waals surface area contributed by atoms with Crippen molar-refractivity contribution in [1.82, 2.24) is 15.6 Å². The van der Waals surface area contributed by atoms with E-state index in [4.69, 9.17) is 4.42 Å². The van der Waals surface area contributed by atoms with Gasteiger partial charge in [-0.05, 0) is 56.5 Å². The number of hydrogen-bond donors (Lipinski definition) is 3. The Kier molecular flexibility index (Phi) is 9.50. The number of amides is 1. The maximum Gasteiger partial charge on any atom is 0.227 e. The second-order valence-electron chi connectivity index (χ2n) is 8.38. The molecule has 34 heavy (non-hydrogen) atoms. The van der Waals surface area contributed by atoms with Gasteiger partial charge in [0.1, 0.15) is 6.26 Å².